The van der Waals surface area contributed by atoms with E-state index in [1.807, 2.05) is 0 Å². The molecule has 2 fully saturated rings. The predicted octanol–water partition coefficient (Wildman–Crippen LogP) is 0.506. The summed E-state index contributed by atoms with van der Waals surface area (Å²) < 4.78 is 26.9. The molecule has 0 aromatic heterocycles. The van der Waals surface area contributed by atoms with Crippen LogP contribution in [0.1, 0.15) is 32.1 Å². The third kappa shape index (κ3) is 3.37. The first-order valence-electron chi connectivity index (χ1n) is 8.97. The van der Waals surface area contributed by atoms with E-state index in [0.717, 1.165) is 25.7 Å². The Kier molecular flexibility index (Phi) is 4.19. The van der Waals surface area contributed by atoms with Gasteiger partial charge in [0, 0.05) is 24.8 Å². The second kappa shape index (κ2) is 6.25. The fraction of sp³-hybridized carbons (Fsp3) is 0.647. The summed E-state index contributed by atoms with van der Waals surface area (Å²) in [5.41, 5.74) is 6.70. The molecule has 2 saturated carbocycles. The van der Waals surface area contributed by atoms with Crippen LogP contribution in [0.25, 0.3) is 0 Å². The van der Waals surface area contributed by atoms with Crippen LogP contribution < -0.4 is 11.1 Å². The van der Waals surface area contributed by atoms with Crippen molar-refractivity contribution in [3.05, 3.63) is 23.9 Å². The number of carbonyl (C=O) groups is 1. The van der Waals surface area contributed by atoms with Crippen LogP contribution in [0.3, 0.4) is 0 Å². The van der Waals surface area contributed by atoms with Gasteiger partial charge in [0.15, 0.2) is 0 Å². The smallest absolute Gasteiger partial charge is 0.256 e. The van der Waals surface area contributed by atoms with E-state index in [-0.39, 0.29) is 23.7 Å². The van der Waals surface area contributed by atoms with Gasteiger partial charge in [-0.1, -0.05) is 6.42 Å². The van der Waals surface area contributed by atoms with E-state index in [1.165, 1.54) is 6.42 Å². The average Bonchev–Trinajstić information content (AvgIpc) is 2.54. The molecule has 2 bridgehead atoms. The molecule has 2 atom stereocenters. The number of nitrogens with zero attached hydrogens (tertiary/aromatic N) is 2. The highest BCUT2D eigenvalue weighted by Gasteiger charge is 2.40. The standard InChI is InChI=1S/C17H24N4O3S/c18-14-8-11-2-1-3-12(9-14)16(11)19-17(22)13-4-5-15-20-25(23,24)7-6-21(15)10-13/h4-5,10-12,14,16H,1-3,6-9,18H2,(H,19,22). The first-order chi connectivity index (χ1) is 11.9. The van der Waals surface area contributed by atoms with Crippen LogP contribution in [0.5, 0.6) is 0 Å². The Labute approximate surface area is 148 Å². The van der Waals surface area contributed by atoms with Gasteiger partial charge in [-0.25, -0.2) is 8.42 Å². The van der Waals surface area contributed by atoms with E-state index >= 15 is 0 Å². The number of fused-ring (bicyclic) bond motifs is 3. The van der Waals surface area contributed by atoms with Gasteiger partial charge in [0.1, 0.15) is 5.84 Å². The van der Waals surface area contributed by atoms with Crippen LogP contribution in [0, 0.1) is 11.8 Å². The molecule has 0 spiro atoms. The lowest BCUT2D eigenvalue weighted by molar-refractivity contribution is -0.119. The minimum atomic E-state index is -3.38. The lowest BCUT2D eigenvalue weighted by Gasteiger charge is -2.45. The number of sulfonamides is 1. The van der Waals surface area contributed by atoms with Crippen molar-refractivity contribution >= 4 is 21.8 Å². The normalized spacial score (nSPS) is 36.1. The number of hydrogen-bond acceptors (Lipinski definition) is 5. The molecule has 2 aliphatic heterocycles. The van der Waals surface area contributed by atoms with Crippen molar-refractivity contribution in [2.75, 3.05) is 12.3 Å². The number of amides is 1. The van der Waals surface area contributed by atoms with E-state index < -0.39 is 10.0 Å². The van der Waals surface area contributed by atoms with Crippen LogP contribution in [-0.4, -0.2) is 49.4 Å². The fourth-order valence-corrected chi connectivity index (χ4v) is 5.56. The summed E-state index contributed by atoms with van der Waals surface area (Å²) in [6.45, 7) is 0.325. The molecule has 136 valence electrons. The Morgan fingerprint density at radius 2 is 1.96 bits per heavy atom. The summed E-state index contributed by atoms with van der Waals surface area (Å²) in [5, 5.41) is 3.22. The maximum atomic E-state index is 12.7. The molecule has 0 radical (unpaired) electrons. The lowest BCUT2D eigenvalue weighted by Crippen LogP contribution is -2.54. The molecule has 4 aliphatic rings. The van der Waals surface area contributed by atoms with Crippen LogP contribution in [0.2, 0.25) is 0 Å². The molecule has 2 aliphatic carbocycles. The van der Waals surface area contributed by atoms with Gasteiger partial charge >= 0.3 is 0 Å². The molecule has 1 amide bonds. The highest BCUT2D eigenvalue weighted by molar-refractivity contribution is 7.90. The van der Waals surface area contributed by atoms with Crippen molar-refractivity contribution in [2.24, 2.45) is 22.0 Å². The molecule has 2 heterocycles. The van der Waals surface area contributed by atoms with Gasteiger partial charge in [0.05, 0.1) is 11.3 Å². The van der Waals surface area contributed by atoms with Gasteiger partial charge in [-0.15, -0.1) is 4.40 Å². The maximum Gasteiger partial charge on any atom is 0.256 e. The first kappa shape index (κ1) is 16.8. The van der Waals surface area contributed by atoms with Gasteiger partial charge in [-0.05, 0) is 49.7 Å². The molecular weight excluding hydrogens is 340 g/mol. The molecule has 3 N–H and O–H groups in total. The Morgan fingerprint density at radius 1 is 1.24 bits per heavy atom. The number of nitrogens with one attached hydrogen (secondary N) is 1. The predicted molar refractivity (Wildman–Crippen MR) is 95.1 cm³/mol. The third-order valence-electron chi connectivity index (χ3n) is 5.76. The first-order valence-corrected chi connectivity index (χ1v) is 10.6. The summed E-state index contributed by atoms with van der Waals surface area (Å²) in [6.07, 6.45) is 10.4. The fourth-order valence-electron chi connectivity index (χ4n) is 4.59. The van der Waals surface area contributed by atoms with E-state index in [9.17, 15) is 13.2 Å². The van der Waals surface area contributed by atoms with Crippen molar-refractivity contribution in [3.8, 4) is 0 Å². The Hall–Kier alpha value is -1.67. The molecular formula is C17H24N4O3S. The quantitative estimate of drug-likeness (QED) is 0.743. The zero-order valence-corrected chi connectivity index (χ0v) is 14.9. The van der Waals surface area contributed by atoms with Gasteiger partial charge < -0.3 is 16.0 Å². The van der Waals surface area contributed by atoms with Gasteiger partial charge in [-0.3, -0.25) is 4.79 Å². The summed E-state index contributed by atoms with van der Waals surface area (Å²) >= 11 is 0. The third-order valence-corrected chi connectivity index (χ3v) is 6.92. The molecule has 0 saturated heterocycles. The Morgan fingerprint density at radius 3 is 2.68 bits per heavy atom. The molecule has 0 aromatic carbocycles. The minimum Gasteiger partial charge on any atom is -0.349 e. The van der Waals surface area contributed by atoms with E-state index in [2.05, 4.69) is 9.71 Å². The second-order valence-electron chi connectivity index (χ2n) is 7.53. The van der Waals surface area contributed by atoms with E-state index in [4.69, 9.17) is 5.73 Å². The molecule has 2 unspecified atom stereocenters. The summed E-state index contributed by atoms with van der Waals surface area (Å²) in [7, 11) is -3.38. The molecule has 8 heteroatoms. The summed E-state index contributed by atoms with van der Waals surface area (Å²) in [5.74, 6) is 1.19. The number of carbonyl (C=O) groups excluding carboxylic acids is 1. The molecule has 0 aromatic rings. The van der Waals surface area contributed by atoms with Crippen molar-refractivity contribution in [3.63, 3.8) is 0 Å². The van der Waals surface area contributed by atoms with Crippen molar-refractivity contribution in [1.82, 2.24) is 10.2 Å². The average molecular weight is 364 g/mol. The Bertz CT molecular complexity index is 757. The van der Waals surface area contributed by atoms with Crippen LogP contribution in [0.15, 0.2) is 28.3 Å². The van der Waals surface area contributed by atoms with Gasteiger partial charge in [0.25, 0.3) is 15.9 Å². The zero-order valence-electron chi connectivity index (χ0n) is 14.1. The zero-order chi connectivity index (χ0) is 17.6. The number of hydrogen-bond donors (Lipinski definition) is 2. The van der Waals surface area contributed by atoms with E-state index in [0.29, 0.717) is 29.8 Å². The number of rotatable bonds is 2. The van der Waals surface area contributed by atoms with Crippen LogP contribution in [-0.2, 0) is 14.8 Å². The van der Waals surface area contributed by atoms with Crippen molar-refractivity contribution in [1.29, 1.82) is 0 Å². The van der Waals surface area contributed by atoms with Gasteiger partial charge in [-0.2, -0.15) is 0 Å². The second-order valence-corrected chi connectivity index (χ2v) is 9.28. The largest absolute Gasteiger partial charge is 0.349 e. The maximum absolute atomic E-state index is 12.7. The van der Waals surface area contributed by atoms with Crippen LogP contribution >= 0.6 is 0 Å². The highest BCUT2D eigenvalue weighted by atomic mass is 32.2. The topological polar surface area (TPSA) is 105 Å². The van der Waals surface area contributed by atoms with Crippen molar-refractivity contribution in [2.45, 2.75) is 44.2 Å². The number of nitrogens with two attached hydrogens (primary N) is 1. The molecule has 4 rings (SSSR count). The number of amidine groups is 1. The monoisotopic (exact) mass is 364 g/mol. The molecule has 7 nitrogen and oxygen atoms in total. The van der Waals surface area contributed by atoms with E-state index in [1.54, 1.807) is 23.3 Å². The molecule has 25 heavy (non-hydrogen) atoms. The highest BCUT2D eigenvalue weighted by Crippen LogP contribution is 2.39. The Balaban J connectivity index is 1.48. The van der Waals surface area contributed by atoms with Crippen LogP contribution in [0.4, 0.5) is 0 Å². The van der Waals surface area contributed by atoms with Crippen molar-refractivity contribution < 1.29 is 13.2 Å². The minimum absolute atomic E-state index is 0.0274. The summed E-state index contributed by atoms with van der Waals surface area (Å²) in [6, 6.07) is 0.457. The van der Waals surface area contributed by atoms with Gasteiger partial charge in [0.2, 0.25) is 0 Å². The lowest BCUT2D eigenvalue weighted by atomic mass is 9.67. The SMILES string of the molecule is NC1CC2CCCC(C1)C2NC(=O)C1=CN2CCS(=O)(=O)N=C2C=C1. The summed E-state index contributed by atoms with van der Waals surface area (Å²) in [4.78, 5) is 14.5.